The van der Waals surface area contributed by atoms with Crippen LogP contribution in [0.2, 0.25) is 0 Å². The summed E-state index contributed by atoms with van der Waals surface area (Å²) < 4.78 is 1.84. The minimum atomic E-state index is -0.0698. The molecule has 3 N–H and O–H groups in total. The molecule has 2 aliphatic heterocycles. The molecule has 0 unspecified atom stereocenters. The Morgan fingerprint density at radius 2 is 2.03 bits per heavy atom. The number of H-pyrrole nitrogens is 1. The molecule has 0 aromatic carbocycles. The largest absolute Gasteiger partial charge is 0.384 e. The molecule has 0 aliphatic carbocycles. The van der Waals surface area contributed by atoms with Crippen LogP contribution in [0.5, 0.6) is 0 Å². The van der Waals surface area contributed by atoms with Gasteiger partial charge in [0.2, 0.25) is 0 Å². The van der Waals surface area contributed by atoms with Crippen molar-refractivity contribution in [2.24, 2.45) is 5.92 Å². The summed E-state index contributed by atoms with van der Waals surface area (Å²) in [7, 11) is 0. The average Bonchev–Trinajstić information content (AvgIpc) is 3.14. The van der Waals surface area contributed by atoms with E-state index in [1.165, 1.54) is 6.33 Å². The fraction of sp³-hybridized carbons (Fsp3) is 0.350. The van der Waals surface area contributed by atoms with Gasteiger partial charge in [0.1, 0.15) is 17.8 Å². The summed E-state index contributed by atoms with van der Waals surface area (Å²) in [5.74, 6) is 0.637. The van der Waals surface area contributed by atoms with Gasteiger partial charge in [0, 0.05) is 54.6 Å². The molecule has 5 rings (SSSR count). The number of anilines is 1. The molecule has 5 heterocycles. The third-order valence-electron chi connectivity index (χ3n) is 5.75. The number of likely N-dealkylation sites (tertiary alicyclic amines) is 1. The number of pyridine rings is 1. The van der Waals surface area contributed by atoms with Gasteiger partial charge in [0.05, 0.1) is 5.69 Å². The van der Waals surface area contributed by atoms with Crippen molar-refractivity contribution in [3.05, 3.63) is 58.0 Å². The molecule has 3 aromatic rings. The highest BCUT2D eigenvalue weighted by atomic mass is 16.2. The van der Waals surface area contributed by atoms with Crippen molar-refractivity contribution in [2.45, 2.75) is 25.8 Å². The highest BCUT2D eigenvalue weighted by Gasteiger charge is 2.37. The van der Waals surface area contributed by atoms with Crippen molar-refractivity contribution >= 4 is 11.7 Å². The van der Waals surface area contributed by atoms with Crippen molar-refractivity contribution in [1.82, 2.24) is 29.6 Å². The van der Waals surface area contributed by atoms with E-state index in [4.69, 9.17) is 5.73 Å². The zero-order valence-electron chi connectivity index (χ0n) is 16.0. The number of nitrogens with one attached hydrogen (secondary N) is 1. The van der Waals surface area contributed by atoms with Crippen LogP contribution in [0.4, 0.5) is 5.82 Å². The van der Waals surface area contributed by atoms with Gasteiger partial charge in [-0.05, 0) is 31.4 Å². The summed E-state index contributed by atoms with van der Waals surface area (Å²) >= 11 is 0. The van der Waals surface area contributed by atoms with Crippen LogP contribution in [0.25, 0.3) is 11.3 Å². The Kier molecular flexibility index (Phi) is 3.97. The molecule has 9 nitrogen and oxygen atoms in total. The Morgan fingerprint density at radius 3 is 2.79 bits per heavy atom. The number of amides is 1. The number of carbonyl (C=O) groups is 1. The number of nitrogens with zero attached hydrogens (tertiary/aromatic N) is 5. The lowest BCUT2D eigenvalue weighted by Crippen LogP contribution is -2.49. The average molecular weight is 391 g/mol. The van der Waals surface area contributed by atoms with E-state index in [0.29, 0.717) is 36.8 Å². The van der Waals surface area contributed by atoms with Crippen LogP contribution in [0.1, 0.15) is 34.2 Å². The molecule has 2 bridgehead atoms. The normalized spacial score (nSPS) is 20.4. The lowest BCUT2D eigenvalue weighted by Gasteiger charge is -2.42. The number of carbonyl (C=O) groups excluding carboxylic acids is 1. The van der Waals surface area contributed by atoms with Gasteiger partial charge in [0.25, 0.3) is 11.5 Å². The van der Waals surface area contributed by atoms with Crippen LogP contribution in [-0.4, -0.2) is 48.6 Å². The summed E-state index contributed by atoms with van der Waals surface area (Å²) in [6.45, 7) is 3.69. The number of nitrogens with two attached hydrogens (primary N) is 1. The van der Waals surface area contributed by atoms with Crippen molar-refractivity contribution < 1.29 is 4.79 Å². The summed E-state index contributed by atoms with van der Waals surface area (Å²) in [6, 6.07) is 7.02. The lowest BCUT2D eigenvalue weighted by atomic mass is 9.82. The van der Waals surface area contributed by atoms with Crippen LogP contribution in [0.3, 0.4) is 0 Å². The number of aryl methyl sites for hydroxylation is 1. The second kappa shape index (κ2) is 6.54. The number of fused-ring (bicyclic) bond motifs is 4. The molecule has 1 saturated heterocycles. The summed E-state index contributed by atoms with van der Waals surface area (Å²) in [5, 5.41) is 6.93. The predicted molar refractivity (Wildman–Crippen MR) is 106 cm³/mol. The maximum absolute atomic E-state index is 12.9. The van der Waals surface area contributed by atoms with Crippen molar-refractivity contribution in [3.63, 3.8) is 0 Å². The molecule has 2 aliphatic rings. The first-order valence-corrected chi connectivity index (χ1v) is 9.62. The number of hydrogen-bond donors (Lipinski definition) is 2. The van der Waals surface area contributed by atoms with Crippen LogP contribution in [0.15, 0.2) is 35.4 Å². The smallest absolute Gasteiger partial charge is 0.274 e. The molecule has 9 heteroatoms. The summed E-state index contributed by atoms with van der Waals surface area (Å²) in [6.07, 6.45) is 2.35. The molecule has 1 fully saturated rings. The number of hydrogen-bond acceptors (Lipinski definition) is 6. The summed E-state index contributed by atoms with van der Waals surface area (Å²) in [5.41, 5.74) is 9.30. The Bertz CT molecular complexity index is 1170. The number of piperidine rings is 1. The molecular weight excluding hydrogens is 370 g/mol. The molecule has 148 valence electrons. The first-order valence-electron chi connectivity index (χ1n) is 9.62. The van der Waals surface area contributed by atoms with Crippen molar-refractivity contribution in [3.8, 4) is 11.3 Å². The van der Waals surface area contributed by atoms with Gasteiger partial charge in [0.15, 0.2) is 0 Å². The first kappa shape index (κ1) is 17.6. The number of nitrogen functional groups attached to an aromatic ring is 1. The van der Waals surface area contributed by atoms with Gasteiger partial charge in [-0.2, -0.15) is 5.10 Å². The Balaban J connectivity index is 1.50. The Hall–Kier alpha value is -3.49. The molecule has 0 radical (unpaired) electrons. The van der Waals surface area contributed by atoms with E-state index in [1.807, 2.05) is 22.5 Å². The minimum Gasteiger partial charge on any atom is -0.384 e. The van der Waals surface area contributed by atoms with Crippen LogP contribution < -0.4 is 11.3 Å². The van der Waals surface area contributed by atoms with E-state index in [1.54, 1.807) is 18.2 Å². The number of rotatable bonds is 2. The van der Waals surface area contributed by atoms with Crippen molar-refractivity contribution in [2.75, 3.05) is 18.8 Å². The first-order chi connectivity index (χ1) is 14.0. The van der Waals surface area contributed by atoms with Crippen LogP contribution in [-0.2, 0) is 6.54 Å². The third kappa shape index (κ3) is 3.08. The molecule has 3 aromatic heterocycles. The van der Waals surface area contributed by atoms with E-state index in [-0.39, 0.29) is 23.3 Å². The maximum atomic E-state index is 12.9. The van der Waals surface area contributed by atoms with Gasteiger partial charge in [-0.25, -0.2) is 9.97 Å². The fourth-order valence-electron chi connectivity index (χ4n) is 4.49. The zero-order chi connectivity index (χ0) is 20.1. The van der Waals surface area contributed by atoms with E-state index in [9.17, 15) is 9.59 Å². The zero-order valence-corrected chi connectivity index (χ0v) is 16.0. The minimum absolute atomic E-state index is 0.0490. The maximum Gasteiger partial charge on any atom is 0.274 e. The molecule has 29 heavy (non-hydrogen) atoms. The van der Waals surface area contributed by atoms with Gasteiger partial charge in [-0.15, -0.1) is 0 Å². The van der Waals surface area contributed by atoms with Crippen LogP contribution in [0, 0.1) is 12.8 Å². The second-order valence-corrected chi connectivity index (χ2v) is 7.89. The molecule has 0 spiro atoms. The van der Waals surface area contributed by atoms with Gasteiger partial charge in [-0.1, -0.05) is 0 Å². The van der Waals surface area contributed by atoms with E-state index in [2.05, 4.69) is 20.2 Å². The number of aromatic amines is 1. The van der Waals surface area contributed by atoms with Crippen molar-refractivity contribution in [1.29, 1.82) is 0 Å². The van der Waals surface area contributed by atoms with E-state index in [0.717, 1.165) is 23.4 Å². The quantitative estimate of drug-likeness (QED) is 0.676. The molecular formula is C20H21N7O2. The third-order valence-corrected chi connectivity index (χ3v) is 5.75. The lowest BCUT2D eigenvalue weighted by molar-refractivity contribution is 0.0589. The van der Waals surface area contributed by atoms with Gasteiger partial charge in [-0.3, -0.25) is 14.7 Å². The molecule has 0 saturated carbocycles. The second-order valence-electron chi connectivity index (χ2n) is 7.89. The topological polar surface area (TPSA) is 123 Å². The van der Waals surface area contributed by atoms with Gasteiger partial charge < -0.3 is 15.2 Å². The number of aromatic nitrogens is 5. The fourth-order valence-corrected chi connectivity index (χ4v) is 4.49. The Labute approximate surface area is 166 Å². The monoisotopic (exact) mass is 391 g/mol. The highest BCUT2D eigenvalue weighted by molar-refractivity contribution is 5.92. The predicted octanol–water partition coefficient (Wildman–Crippen LogP) is 1.18. The highest BCUT2D eigenvalue weighted by Crippen LogP contribution is 2.36. The Morgan fingerprint density at radius 1 is 1.17 bits per heavy atom. The van der Waals surface area contributed by atoms with E-state index >= 15 is 0 Å². The standard InChI is InChI=1S/C20H21N7O2/c1-11-2-16(25-24-11)20(29)26-7-12-3-14(9-26)17-4-13(5-19(28)27(17)8-12)15-6-18(21)23-10-22-15/h2,4-6,10,12,14H,3,7-9H2,1H3,(H,24,25)(H2,21,22,23)/t12-,14+/m0/s1. The van der Waals surface area contributed by atoms with E-state index < -0.39 is 0 Å². The summed E-state index contributed by atoms with van der Waals surface area (Å²) in [4.78, 5) is 35.7. The molecule has 2 atom stereocenters. The SMILES string of the molecule is Cc1cc(C(=O)N2C[C@@H]3C[C@H](C2)c2cc(-c4cc(N)ncn4)cc(=O)n2C3)n[nH]1. The van der Waals surface area contributed by atoms with Gasteiger partial charge >= 0.3 is 0 Å². The molecule has 1 amide bonds. The van der Waals surface area contributed by atoms with Crippen LogP contribution >= 0.6 is 0 Å².